The molecule has 0 saturated heterocycles. The van der Waals surface area contributed by atoms with Crippen LogP contribution in [0.25, 0.3) is 0 Å². The van der Waals surface area contributed by atoms with Crippen molar-refractivity contribution >= 4 is 12.6 Å². The number of aliphatic hydroxyl groups is 2. The van der Waals surface area contributed by atoms with E-state index in [1.54, 1.807) is 0 Å². The van der Waals surface area contributed by atoms with E-state index in [9.17, 15) is 14.6 Å². The number of rotatable bonds is 5. The fourth-order valence-electron chi connectivity index (χ4n) is 1.58. The van der Waals surface area contributed by atoms with E-state index in [-0.39, 0.29) is 12.0 Å². The molecule has 0 radical (unpaired) electrons. The van der Waals surface area contributed by atoms with Crippen molar-refractivity contribution in [2.75, 3.05) is 5.75 Å². The summed E-state index contributed by atoms with van der Waals surface area (Å²) in [6.45, 7) is 0. The summed E-state index contributed by atoms with van der Waals surface area (Å²) in [5.74, 6) is -0.0833. The topological polar surface area (TPSA) is 64.2 Å². The van der Waals surface area contributed by atoms with E-state index in [0.717, 1.165) is 6.07 Å². The van der Waals surface area contributed by atoms with Crippen LogP contribution in [0, 0.1) is 17.1 Å². The highest BCUT2D eigenvalue weighted by Crippen LogP contribution is 2.24. The fourth-order valence-corrected chi connectivity index (χ4v) is 1.85. The van der Waals surface area contributed by atoms with Crippen molar-refractivity contribution in [2.24, 2.45) is 0 Å². The van der Waals surface area contributed by atoms with E-state index >= 15 is 0 Å². The molecule has 0 spiro atoms. The van der Waals surface area contributed by atoms with Gasteiger partial charge in [0, 0.05) is 0 Å². The van der Waals surface area contributed by atoms with E-state index in [0.29, 0.717) is 17.7 Å². The summed E-state index contributed by atoms with van der Waals surface area (Å²) >= 11 is 3.96. The van der Waals surface area contributed by atoms with E-state index in [1.165, 1.54) is 12.1 Å². The lowest BCUT2D eigenvalue weighted by atomic mass is 9.96. The maximum atomic E-state index is 13.1. The van der Waals surface area contributed by atoms with Crippen LogP contribution in [0.5, 0.6) is 0 Å². The van der Waals surface area contributed by atoms with Crippen molar-refractivity contribution in [1.29, 1.82) is 5.26 Å². The molecule has 0 amide bonds. The molecule has 5 heteroatoms. The van der Waals surface area contributed by atoms with Crippen molar-refractivity contribution < 1.29 is 14.6 Å². The van der Waals surface area contributed by atoms with Gasteiger partial charge >= 0.3 is 0 Å². The number of halogens is 1. The Morgan fingerprint density at radius 3 is 2.71 bits per heavy atom. The van der Waals surface area contributed by atoms with Crippen LogP contribution in [0.4, 0.5) is 4.39 Å². The lowest BCUT2D eigenvalue weighted by Crippen LogP contribution is -2.20. The number of benzene rings is 1. The fraction of sp³-hybridized carbons (Fsp3) is 0.417. The van der Waals surface area contributed by atoms with Crippen molar-refractivity contribution in [3.8, 4) is 6.07 Å². The first-order chi connectivity index (χ1) is 8.10. The molecule has 0 fully saturated rings. The molecule has 0 saturated carbocycles. The molecule has 0 bridgehead atoms. The quantitative estimate of drug-likeness (QED) is 0.700. The van der Waals surface area contributed by atoms with Gasteiger partial charge < -0.3 is 10.2 Å². The standard InChI is InChI=1S/C12H14FNO2S/c13-9-2-1-8(3-5-14)10(7-9)12(16)11(15)4-6-17/h1-2,7,11-12,15-17H,3-4,6H2. The van der Waals surface area contributed by atoms with Gasteiger partial charge in [-0.25, -0.2) is 4.39 Å². The molecule has 2 unspecified atom stereocenters. The van der Waals surface area contributed by atoms with Gasteiger partial charge in [0.05, 0.1) is 18.6 Å². The molecule has 0 aliphatic heterocycles. The first-order valence-electron chi connectivity index (χ1n) is 5.22. The number of thiol groups is 1. The van der Waals surface area contributed by atoms with Gasteiger partial charge in [-0.15, -0.1) is 0 Å². The molecule has 92 valence electrons. The third kappa shape index (κ3) is 3.70. The van der Waals surface area contributed by atoms with Crippen LogP contribution in [0.3, 0.4) is 0 Å². The summed E-state index contributed by atoms with van der Waals surface area (Å²) in [6, 6.07) is 5.77. The SMILES string of the molecule is N#CCc1ccc(F)cc1C(O)C(O)CCS. The zero-order chi connectivity index (χ0) is 12.8. The molecule has 0 aromatic heterocycles. The lowest BCUT2D eigenvalue weighted by Gasteiger charge is -2.19. The van der Waals surface area contributed by atoms with E-state index in [2.05, 4.69) is 12.6 Å². The molecule has 1 aromatic rings. The highest BCUT2D eigenvalue weighted by atomic mass is 32.1. The zero-order valence-corrected chi connectivity index (χ0v) is 10.1. The van der Waals surface area contributed by atoms with Gasteiger partial charge in [0.2, 0.25) is 0 Å². The van der Waals surface area contributed by atoms with Crippen LogP contribution in [0.2, 0.25) is 0 Å². The highest BCUT2D eigenvalue weighted by Gasteiger charge is 2.20. The van der Waals surface area contributed by atoms with Gasteiger partial charge in [-0.1, -0.05) is 6.07 Å². The maximum Gasteiger partial charge on any atom is 0.123 e. The Labute approximate surface area is 105 Å². The normalized spacial score (nSPS) is 14.1. The van der Waals surface area contributed by atoms with E-state index < -0.39 is 18.0 Å². The molecule has 1 rings (SSSR count). The van der Waals surface area contributed by atoms with Crippen molar-refractivity contribution in [1.82, 2.24) is 0 Å². The average molecular weight is 255 g/mol. The molecule has 3 nitrogen and oxygen atoms in total. The molecule has 2 atom stereocenters. The first-order valence-corrected chi connectivity index (χ1v) is 5.85. The van der Waals surface area contributed by atoms with E-state index in [4.69, 9.17) is 5.26 Å². The third-order valence-electron chi connectivity index (χ3n) is 2.49. The van der Waals surface area contributed by atoms with Crippen molar-refractivity contribution in [3.05, 3.63) is 35.1 Å². The minimum Gasteiger partial charge on any atom is -0.390 e. The molecule has 1 aromatic carbocycles. The molecular formula is C12H14FNO2S. The number of hydrogen-bond donors (Lipinski definition) is 3. The predicted molar refractivity (Wildman–Crippen MR) is 65.2 cm³/mol. The molecular weight excluding hydrogens is 241 g/mol. The summed E-state index contributed by atoms with van der Waals surface area (Å²) in [4.78, 5) is 0. The summed E-state index contributed by atoms with van der Waals surface area (Å²) < 4.78 is 13.1. The minimum absolute atomic E-state index is 0.0697. The van der Waals surface area contributed by atoms with Crippen LogP contribution >= 0.6 is 12.6 Å². The second-order valence-electron chi connectivity index (χ2n) is 3.70. The second-order valence-corrected chi connectivity index (χ2v) is 4.15. The monoisotopic (exact) mass is 255 g/mol. The smallest absolute Gasteiger partial charge is 0.123 e. The van der Waals surface area contributed by atoms with Gasteiger partial charge in [0.15, 0.2) is 0 Å². The number of aliphatic hydroxyl groups excluding tert-OH is 2. The van der Waals surface area contributed by atoms with Gasteiger partial charge in [0.1, 0.15) is 11.9 Å². The van der Waals surface area contributed by atoms with Gasteiger partial charge in [-0.3, -0.25) is 0 Å². The Morgan fingerprint density at radius 2 is 2.12 bits per heavy atom. The van der Waals surface area contributed by atoms with Crippen LogP contribution in [0.15, 0.2) is 18.2 Å². The molecule has 17 heavy (non-hydrogen) atoms. The third-order valence-corrected chi connectivity index (χ3v) is 2.74. The number of hydrogen-bond acceptors (Lipinski definition) is 4. The summed E-state index contributed by atoms with van der Waals surface area (Å²) in [7, 11) is 0. The Balaban J connectivity index is 3.01. The highest BCUT2D eigenvalue weighted by molar-refractivity contribution is 7.80. The zero-order valence-electron chi connectivity index (χ0n) is 9.17. The predicted octanol–water partition coefficient (Wildman–Crippen LogP) is 1.61. The molecule has 2 N–H and O–H groups in total. The summed E-state index contributed by atoms with van der Waals surface area (Å²) in [5.41, 5.74) is 0.792. The number of nitrogens with zero attached hydrogens (tertiary/aromatic N) is 1. The lowest BCUT2D eigenvalue weighted by molar-refractivity contribution is 0.0166. The summed E-state index contributed by atoms with van der Waals surface area (Å²) in [6.07, 6.45) is -1.83. The first kappa shape index (κ1) is 14.0. The number of nitriles is 1. The van der Waals surface area contributed by atoms with Crippen LogP contribution in [0.1, 0.15) is 23.7 Å². The maximum absolute atomic E-state index is 13.1. The Kier molecular flexibility index (Phi) is 5.42. The minimum atomic E-state index is -1.19. The molecule has 0 aliphatic carbocycles. The van der Waals surface area contributed by atoms with Gasteiger partial charge in [-0.05, 0) is 35.4 Å². The molecule has 0 aliphatic rings. The van der Waals surface area contributed by atoms with E-state index in [1.807, 2.05) is 6.07 Å². The van der Waals surface area contributed by atoms with Gasteiger partial charge in [0.25, 0.3) is 0 Å². The van der Waals surface area contributed by atoms with Crippen LogP contribution < -0.4 is 0 Å². The van der Waals surface area contributed by atoms with Gasteiger partial charge in [-0.2, -0.15) is 17.9 Å². The van der Waals surface area contributed by atoms with Crippen LogP contribution in [-0.4, -0.2) is 22.1 Å². The summed E-state index contributed by atoms with van der Waals surface area (Å²) in [5, 5.41) is 28.2. The molecule has 0 heterocycles. The second kappa shape index (κ2) is 6.60. The Bertz CT molecular complexity index is 419. The Morgan fingerprint density at radius 1 is 1.41 bits per heavy atom. The van der Waals surface area contributed by atoms with Crippen molar-refractivity contribution in [2.45, 2.75) is 25.0 Å². The largest absolute Gasteiger partial charge is 0.390 e. The Hall–Kier alpha value is -1.09. The van der Waals surface area contributed by atoms with Crippen LogP contribution in [-0.2, 0) is 6.42 Å². The van der Waals surface area contributed by atoms with Crippen molar-refractivity contribution in [3.63, 3.8) is 0 Å². The average Bonchev–Trinajstić information content (AvgIpc) is 2.31.